The summed E-state index contributed by atoms with van der Waals surface area (Å²) in [6, 6.07) is 1.94. The van der Waals surface area contributed by atoms with E-state index in [4.69, 9.17) is 0 Å². The van der Waals surface area contributed by atoms with Gasteiger partial charge in [0.1, 0.15) is 10.8 Å². The SMILES string of the molecule is CCCNc1nc(C)cc(NCc2ncc(C)s2)n1. The minimum absolute atomic E-state index is 0.680. The molecule has 2 aromatic heterocycles. The van der Waals surface area contributed by atoms with Gasteiger partial charge in [-0.2, -0.15) is 4.98 Å². The molecule has 0 aliphatic carbocycles. The van der Waals surface area contributed by atoms with Crippen LogP contribution in [-0.2, 0) is 6.54 Å². The number of nitrogens with one attached hydrogen (secondary N) is 2. The van der Waals surface area contributed by atoms with Gasteiger partial charge in [-0.1, -0.05) is 6.92 Å². The fourth-order valence-corrected chi connectivity index (χ4v) is 2.35. The van der Waals surface area contributed by atoms with Crippen molar-refractivity contribution >= 4 is 23.1 Å². The Morgan fingerprint density at radius 3 is 2.74 bits per heavy atom. The van der Waals surface area contributed by atoms with Gasteiger partial charge in [0.05, 0.1) is 6.54 Å². The fourth-order valence-electron chi connectivity index (χ4n) is 1.62. The lowest BCUT2D eigenvalue weighted by molar-refractivity contribution is 0.943. The number of rotatable bonds is 6. The molecule has 0 radical (unpaired) electrons. The summed E-state index contributed by atoms with van der Waals surface area (Å²) in [7, 11) is 0. The van der Waals surface area contributed by atoms with E-state index >= 15 is 0 Å². The first-order chi connectivity index (χ1) is 9.17. The second-order valence-electron chi connectivity index (χ2n) is 4.36. The third kappa shape index (κ3) is 4.17. The Hall–Kier alpha value is -1.69. The topological polar surface area (TPSA) is 62.7 Å². The monoisotopic (exact) mass is 277 g/mol. The minimum Gasteiger partial charge on any atom is -0.363 e. The van der Waals surface area contributed by atoms with Gasteiger partial charge in [-0.15, -0.1) is 11.3 Å². The van der Waals surface area contributed by atoms with Crippen molar-refractivity contribution in [2.24, 2.45) is 0 Å². The van der Waals surface area contributed by atoms with E-state index in [1.165, 1.54) is 4.88 Å². The largest absolute Gasteiger partial charge is 0.363 e. The zero-order valence-electron chi connectivity index (χ0n) is 11.5. The summed E-state index contributed by atoms with van der Waals surface area (Å²) in [6.45, 7) is 7.73. The van der Waals surface area contributed by atoms with Gasteiger partial charge in [0, 0.05) is 29.4 Å². The van der Waals surface area contributed by atoms with Crippen LogP contribution in [0, 0.1) is 13.8 Å². The van der Waals surface area contributed by atoms with Crippen LogP contribution in [-0.4, -0.2) is 21.5 Å². The Bertz CT molecular complexity index is 538. The van der Waals surface area contributed by atoms with Gasteiger partial charge in [0.25, 0.3) is 0 Å². The molecule has 2 heterocycles. The number of aromatic nitrogens is 3. The summed E-state index contributed by atoms with van der Waals surface area (Å²) in [5, 5.41) is 7.56. The smallest absolute Gasteiger partial charge is 0.224 e. The molecule has 6 heteroatoms. The van der Waals surface area contributed by atoms with Crippen LogP contribution in [0.25, 0.3) is 0 Å². The molecule has 5 nitrogen and oxygen atoms in total. The molecule has 2 rings (SSSR count). The summed E-state index contributed by atoms with van der Waals surface area (Å²) in [4.78, 5) is 14.3. The van der Waals surface area contributed by atoms with E-state index < -0.39 is 0 Å². The summed E-state index contributed by atoms with van der Waals surface area (Å²) in [5.41, 5.74) is 0.950. The van der Waals surface area contributed by atoms with Gasteiger partial charge in [-0.05, 0) is 20.3 Å². The highest BCUT2D eigenvalue weighted by molar-refractivity contribution is 7.11. The second-order valence-corrected chi connectivity index (χ2v) is 5.68. The third-order valence-corrected chi connectivity index (χ3v) is 3.39. The lowest BCUT2D eigenvalue weighted by Crippen LogP contribution is -2.08. The Morgan fingerprint density at radius 1 is 1.21 bits per heavy atom. The number of aryl methyl sites for hydroxylation is 2. The van der Waals surface area contributed by atoms with Gasteiger partial charge in [0.15, 0.2) is 0 Å². The number of nitrogens with zero attached hydrogens (tertiary/aromatic N) is 3. The molecular weight excluding hydrogens is 258 g/mol. The second kappa shape index (κ2) is 6.47. The maximum Gasteiger partial charge on any atom is 0.224 e. The van der Waals surface area contributed by atoms with Crippen molar-refractivity contribution in [1.29, 1.82) is 0 Å². The average Bonchev–Trinajstić information content (AvgIpc) is 2.79. The average molecular weight is 277 g/mol. The lowest BCUT2D eigenvalue weighted by Gasteiger charge is -2.08. The van der Waals surface area contributed by atoms with Gasteiger partial charge in [-0.3, -0.25) is 0 Å². The Kier molecular flexibility index (Phi) is 4.68. The maximum absolute atomic E-state index is 4.44. The van der Waals surface area contributed by atoms with Crippen molar-refractivity contribution < 1.29 is 0 Å². The molecule has 2 N–H and O–H groups in total. The van der Waals surface area contributed by atoms with E-state index in [9.17, 15) is 0 Å². The predicted octanol–water partition coefficient (Wildman–Crippen LogP) is 2.98. The van der Waals surface area contributed by atoms with Crippen LogP contribution in [0.2, 0.25) is 0 Å². The van der Waals surface area contributed by atoms with Crippen molar-refractivity contribution in [2.75, 3.05) is 17.2 Å². The van der Waals surface area contributed by atoms with Gasteiger partial charge in [-0.25, -0.2) is 9.97 Å². The molecule has 0 bridgehead atoms. The molecule has 0 aromatic carbocycles. The zero-order chi connectivity index (χ0) is 13.7. The highest BCUT2D eigenvalue weighted by atomic mass is 32.1. The van der Waals surface area contributed by atoms with E-state index in [1.807, 2.05) is 19.2 Å². The van der Waals surface area contributed by atoms with Gasteiger partial charge in [0.2, 0.25) is 5.95 Å². The third-order valence-electron chi connectivity index (χ3n) is 2.48. The predicted molar refractivity (Wildman–Crippen MR) is 79.7 cm³/mol. The van der Waals surface area contributed by atoms with Crippen molar-refractivity contribution in [3.05, 3.63) is 27.8 Å². The van der Waals surface area contributed by atoms with Crippen molar-refractivity contribution in [2.45, 2.75) is 33.7 Å². The Labute approximate surface area is 117 Å². The highest BCUT2D eigenvalue weighted by Crippen LogP contribution is 2.14. The molecule has 0 spiro atoms. The molecule has 0 unspecified atom stereocenters. The summed E-state index contributed by atoms with van der Waals surface area (Å²) in [6.07, 6.45) is 2.94. The van der Waals surface area contributed by atoms with E-state index in [0.717, 1.165) is 29.5 Å². The summed E-state index contributed by atoms with van der Waals surface area (Å²) < 4.78 is 0. The van der Waals surface area contributed by atoms with E-state index in [-0.39, 0.29) is 0 Å². The molecule has 0 atom stereocenters. The van der Waals surface area contributed by atoms with E-state index in [0.29, 0.717) is 12.5 Å². The molecule has 0 amide bonds. The van der Waals surface area contributed by atoms with Crippen LogP contribution in [0.15, 0.2) is 12.3 Å². The van der Waals surface area contributed by atoms with Gasteiger partial charge >= 0.3 is 0 Å². The molecule has 0 saturated heterocycles. The van der Waals surface area contributed by atoms with Crippen LogP contribution in [0.4, 0.5) is 11.8 Å². The standard InChI is InChI=1S/C13H19N5S/c1-4-5-14-13-17-9(2)6-11(18-13)15-8-12-16-7-10(3)19-12/h6-7H,4-5,8H2,1-3H3,(H2,14,15,17,18). The Balaban J connectivity index is 2.01. The molecule has 102 valence electrons. The Morgan fingerprint density at radius 2 is 2.05 bits per heavy atom. The van der Waals surface area contributed by atoms with Crippen molar-refractivity contribution in [1.82, 2.24) is 15.0 Å². The number of hydrogen-bond acceptors (Lipinski definition) is 6. The van der Waals surface area contributed by atoms with Crippen molar-refractivity contribution in [3.63, 3.8) is 0 Å². The number of hydrogen-bond donors (Lipinski definition) is 2. The summed E-state index contributed by atoms with van der Waals surface area (Å²) >= 11 is 1.70. The quantitative estimate of drug-likeness (QED) is 0.850. The number of anilines is 2. The zero-order valence-corrected chi connectivity index (χ0v) is 12.3. The maximum atomic E-state index is 4.44. The molecular formula is C13H19N5S. The van der Waals surface area contributed by atoms with Crippen LogP contribution >= 0.6 is 11.3 Å². The lowest BCUT2D eigenvalue weighted by atomic mass is 10.4. The minimum atomic E-state index is 0.680. The normalized spacial score (nSPS) is 10.5. The molecule has 0 aliphatic rings. The van der Waals surface area contributed by atoms with Crippen LogP contribution in [0.3, 0.4) is 0 Å². The van der Waals surface area contributed by atoms with Crippen LogP contribution in [0.5, 0.6) is 0 Å². The highest BCUT2D eigenvalue weighted by Gasteiger charge is 2.03. The molecule has 2 aromatic rings. The van der Waals surface area contributed by atoms with Crippen LogP contribution < -0.4 is 10.6 Å². The first-order valence-corrected chi connectivity index (χ1v) is 7.23. The number of thiazole rings is 1. The van der Waals surface area contributed by atoms with Crippen molar-refractivity contribution in [3.8, 4) is 0 Å². The summed E-state index contributed by atoms with van der Waals surface area (Å²) in [5.74, 6) is 1.51. The fraction of sp³-hybridized carbons (Fsp3) is 0.462. The van der Waals surface area contributed by atoms with E-state index in [1.54, 1.807) is 11.3 Å². The molecule has 0 saturated carbocycles. The first-order valence-electron chi connectivity index (χ1n) is 6.42. The van der Waals surface area contributed by atoms with Gasteiger partial charge < -0.3 is 10.6 Å². The molecule has 19 heavy (non-hydrogen) atoms. The molecule has 0 fully saturated rings. The van der Waals surface area contributed by atoms with Crippen LogP contribution in [0.1, 0.15) is 28.9 Å². The van der Waals surface area contributed by atoms with E-state index in [2.05, 4.69) is 39.4 Å². The first kappa shape index (κ1) is 13.7. The molecule has 0 aliphatic heterocycles.